The van der Waals surface area contributed by atoms with E-state index in [0.29, 0.717) is 14.9 Å². The largest absolute Gasteiger partial charge is 0.476 e. The van der Waals surface area contributed by atoms with Crippen molar-refractivity contribution in [3.8, 4) is 0 Å². The van der Waals surface area contributed by atoms with Crippen LogP contribution >= 0.6 is 35.0 Å². The van der Waals surface area contributed by atoms with E-state index in [1.54, 1.807) is 30.3 Å². The van der Waals surface area contributed by atoms with Gasteiger partial charge in [0.05, 0.1) is 10.0 Å². The quantitative estimate of drug-likeness (QED) is 0.921. The van der Waals surface area contributed by atoms with Crippen molar-refractivity contribution in [2.24, 2.45) is 0 Å². The molecule has 0 fully saturated rings. The number of carbonyl (C=O) groups is 1. The second kappa shape index (κ2) is 5.61. The summed E-state index contributed by atoms with van der Waals surface area (Å²) >= 11 is 13.0. The summed E-state index contributed by atoms with van der Waals surface area (Å²) in [5.41, 5.74) is 0.0218. The Balaban J connectivity index is 2.34. The van der Waals surface area contributed by atoms with Gasteiger partial charge in [0, 0.05) is 16.0 Å². The third-order valence-electron chi connectivity index (χ3n) is 2.09. The highest BCUT2D eigenvalue weighted by Crippen LogP contribution is 2.33. The Morgan fingerprint density at radius 3 is 2.67 bits per heavy atom. The number of carboxylic acid groups (broad SMARTS) is 1. The third kappa shape index (κ3) is 2.96. The smallest absolute Gasteiger partial charge is 0.355 e. The lowest BCUT2D eigenvalue weighted by Gasteiger charge is -2.05. The van der Waals surface area contributed by atoms with E-state index in [4.69, 9.17) is 28.3 Å². The van der Waals surface area contributed by atoms with Crippen LogP contribution in [0.3, 0.4) is 0 Å². The van der Waals surface area contributed by atoms with Gasteiger partial charge >= 0.3 is 5.97 Å². The highest BCUT2D eigenvalue weighted by Gasteiger charge is 2.12. The topological polar surface area (TPSA) is 50.2 Å². The molecule has 1 heterocycles. The maximum absolute atomic E-state index is 11.0. The molecule has 92 valence electrons. The Kier molecular flexibility index (Phi) is 4.11. The Morgan fingerprint density at radius 2 is 2.00 bits per heavy atom. The minimum Gasteiger partial charge on any atom is -0.476 e. The van der Waals surface area contributed by atoms with E-state index < -0.39 is 5.97 Å². The molecule has 0 saturated heterocycles. The molecule has 0 radical (unpaired) electrons. The number of benzene rings is 1. The highest BCUT2D eigenvalue weighted by molar-refractivity contribution is 7.99. The first-order valence-corrected chi connectivity index (χ1v) is 6.46. The van der Waals surface area contributed by atoms with Crippen LogP contribution in [0.5, 0.6) is 0 Å². The number of pyridine rings is 1. The Hall–Kier alpha value is -1.23. The van der Waals surface area contributed by atoms with Gasteiger partial charge in [-0.05, 0) is 30.3 Å². The molecule has 1 aromatic carbocycles. The predicted octanol–water partition coefficient (Wildman–Crippen LogP) is 4.24. The van der Waals surface area contributed by atoms with Gasteiger partial charge in [0.15, 0.2) is 5.69 Å². The van der Waals surface area contributed by atoms with Gasteiger partial charge in [-0.2, -0.15) is 0 Å². The van der Waals surface area contributed by atoms with Crippen LogP contribution in [0.25, 0.3) is 0 Å². The summed E-state index contributed by atoms with van der Waals surface area (Å²) in [7, 11) is 0. The van der Waals surface area contributed by atoms with E-state index in [-0.39, 0.29) is 5.69 Å². The van der Waals surface area contributed by atoms with Crippen molar-refractivity contribution in [3.63, 3.8) is 0 Å². The SMILES string of the molecule is O=C(O)c1ncccc1Sc1ccc(Cl)c(Cl)c1. The minimum atomic E-state index is -1.06. The molecule has 1 aromatic heterocycles. The summed E-state index contributed by atoms with van der Waals surface area (Å²) in [6.45, 7) is 0. The number of halogens is 2. The summed E-state index contributed by atoms with van der Waals surface area (Å²) < 4.78 is 0. The molecule has 0 unspecified atom stereocenters. The van der Waals surface area contributed by atoms with Gasteiger partial charge in [0.1, 0.15) is 0 Å². The molecule has 2 aromatic rings. The van der Waals surface area contributed by atoms with Gasteiger partial charge in [-0.15, -0.1) is 0 Å². The van der Waals surface area contributed by atoms with Crippen LogP contribution in [0.15, 0.2) is 46.3 Å². The molecule has 0 atom stereocenters. The number of nitrogens with zero attached hydrogens (tertiary/aromatic N) is 1. The van der Waals surface area contributed by atoms with Crippen molar-refractivity contribution in [1.29, 1.82) is 0 Å². The first-order chi connectivity index (χ1) is 8.58. The first kappa shape index (κ1) is 13.2. The van der Waals surface area contributed by atoms with Crippen molar-refractivity contribution in [2.75, 3.05) is 0 Å². The lowest BCUT2D eigenvalue weighted by Crippen LogP contribution is -2.01. The minimum absolute atomic E-state index is 0.0218. The van der Waals surface area contributed by atoms with E-state index in [0.717, 1.165) is 4.90 Å². The monoisotopic (exact) mass is 299 g/mol. The zero-order chi connectivity index (χ0) is 13.1. The molecule has 0 amide bonds. The second-order valence-electron chi connectivity index (χ2n) is 3.33. The molecule has 0 saturated carbocycles. The van der Waals surface area contributed by atoms with Crippen molar-refractivity contribution in [2.45, 2.75) is 9.79 Å². The average Bonchev–Trinajstić information content (AvgIpc) is 2.34. The number of aromatic carboxylic acids is 1. The van der Waals surface area contributed by atoms with Crippen LogP contribution in [0.2, 0.25) is 10.0 Å². The Morgan fingerprint density at radius 1 is 1.22 bits per heavy atom. The standard InChI is InChI=1S/C12H7Cl2NO2S/c13-8-4-3-7(6-9(8)14)18-10-2-1-5-15-11(10)12(16)17/h1-6H,(H,16,17). The highest BCUT2D eigenvalue weighted by atomic mass is 35.5. The third-order valence-corrected chi connectivity index (χ3v) is 3.87. The summed E-state index contributed by atoms with van der Waals surface area (Å²) in [5.74, 6) is -1.06. The second-order valence-corrected chi connectivity index (χ2v) is 5.26. The number of hydrogen-bond acceptors (Lipinski definition) is 3. The Bertz CT molecular complexity index is 604. The lowest BCUT2D eigenvalue weighted by molar-refractivity contribution is 0.0686. The van der Waals surface area contributed by atoms with E-state index >= 15 is 0 Å². The van der Waals surface area contributed by atoms with Gasteiger partial charge in [-0.25, -0.2) is 9.78 Å². The molecule has 0 aliphatic carbocycles. The molecule has 1 N–H and O–H groups in total. The van der Waals surface area contributed by atoms with Crippen molar-refractivity contribution in [1.82, 2.24) is 4.98 Å². The first-order valence-electron chi connectivity index (χ1n) is 4.89. The fourth-order valence-corrected chi connectivity index (χ4v) is 2.61. The van der Waals surface area contributed by atoms with Crippen LogP contribution < -0.4 is 0 Å². The molecule has 18 heavy (non-hydrogen) atoms. The molecule has 2 rings (SSSR count). The predicted molar refractivity (Wildman–Crippen MR) is 71.8 cm³/mol. The van der Waals surface area contributed by atoms with Gasteiger partial charge in [0.2, 0.25) is 0 Å². The van der Waals surface area contributed by atoms with Crippen LogP contribution in [0.4, 0.5) is 0 Å². The zero-order valence-electron chi connectivity index (χ0n) is 8.93. The normalized spacial score (nSPS) is 10.3. The van der Waals surface area contributed by atoms with Crippen LogP contribution in [-0.4, -0.2) is 16.1 Å². The van der Waals surface area contributed by atoms with Crippen molar-refractivity contribution in [3.05, 3.63) is 52.3 Å². The van der Waals surface area contributed by atoms with Gasteiger partial charge < -0.3 is 5.11 Å². The van der Waals surface area contributed by atoms with E-state index in [1.807, 2.05) is 0 Å². The molecule has 0 aliphatic heterocycles. The van der Waals surface area contributed by atoms with Gasteiger partial charge in [0.25, 0.3) is 0 Å². The maximum Gasteiger partial charge on any atom is 0.355 e. The summed E-state index contributed by atoms with van der Waals surface area (Å²) in [6, 6.07) is 8.52. The summed E-state index contributed by atoms with van der Waals surface area (Å²) in [6.07, 6.45) is 1.45. The molecular weight excluding hydrogens is 293 g/mol. The number of aromatic nitrogens is 1. The number of carboxylic acids is 1. The van der Waals surface area contributed by atoms with E-state index in [9.17, 15) is 4.79 Å². The molecule has 0 spiro atoms. The lowest BCUT2D eigenvalue weighted by atomic mass is 10.3. The number of hydrogen-bond donors (Lipinski definition) is 1. The fourth-order valence-electron chi connectivity index (χ4n) is 1.30. The van der Waals surface area contributed by atoms with E-state index in [1.165, 1.54) is 18.0 Å². The van der Waals surface area contributed by atoms with Crippen LogP contribution in [0, 0.1) is 0 Å². The fraction of sp³-hybridized carbons (Fsp3) is 0. The summed E-state index contributed by atoms with van der Waals surface area (Å²) in [4.78, 5) is 16.2. The molecular formula is C12H7Cl2NO2S. The van der Waals surface area contributed by atoms with Crippen LogP contribution in [0.1, 0.15) is 10.5 Å². The van der Waals surface area contributed by atoms with Gasteiger partial charge in [-0.1, -0.05) is 35.0 Å². The van der Waals surface area contributed by atoms with E-state index in [2.05, 4.69) is 4.98 Å². The van der Waals surface area contributed by atoms with Crippen molar-refractivity contribution >= 4 is 40.9 Å². The summed E-state index contributed by atoms with van der Waals surface area (Å²) in [5, 5.41) is 9.92. The molecule has 0 aliphatic rings. The Labute approximate surface area is 118 Å². The maximum atomic E-state index is 11.0. The number of rotatable bonds is 3. The molecule has 0 bridgehead atoms. The van der Waals surface area contributed by atoms with Crippen molar-refractivity contribution < 1.29 is 9.90 Å². The van der Waals surface area contributed by atoms with Crippen LogP contribution in [-0.2, 0) is 0 Å². The molecule has 3 nitrogen and oxygen atoms in total. The van der Waals surface area contributed by atoms with Gasteiger partial charge in [-0.3, -0.25) is 0 Å². The molecule has 6 heteroatoms. The zero-order valence-corrected chi connectivity index (χ0v) is 11.3. The average molecular weight is 300 g/mol.